The number of amides is 1. The van der Waals surface area contributed by atoms with Crippen molar-refractivity contribution in [3.05, 3.63) is 29.6 Å². The maximum absolute atomic E-state index is 11.9. The van der Waals surface area contributed by atoms with Gasteiger partial charge in [-0.3, -0.25) is 9.78 Å². The molecule has 0 aliphatic carbocycles. The Bertz CT molecular complexity index is 467. The maximum Gasteiger partial charge on any atom is 0.252 e. The largest absolute Gasteiger partial charge is 0.411 e. The molecule has 1 aliphatic heterocycles. The lowest BCUT2D eigenvalue weighted by molar-refractivity contribution is 0.0950. The lowest BCUT2D eigenvalue weighted by Crippen LogP contribution is -2.33. The van der Waals surface area contributed by atoms with Gasteiger partial charge in [-0.1, -0.05) is 11.6 Å². The number of nitrogens with zero attached hydrogens (tertiary/aromatic N) is 3. The average molecular weight is 290 g/mol. The number of carbonyl (C=O) groups excluding carboxylic acids is 1. The Labute approximate surface area is 124 Å². The van der Waals surface area contributed by atoms with Gasteiger partial charge in [-0.2, -0.15) is 0 Å². The van der Waals surface area contributed by atoms with Crippen LogP contribution in [-0.4, -0.2) is 53.4 Å². The van der Waals surface area contributed by atoms with Crippen molar-refractivity contribution in [1.29, 1.82) is 0 Å². The zero-order valence-corrected chi connectivity index (χ0v) is 12.2. The van der Waals surface area contributed by atoms with Gasteiger partial charge in [-0.25, -0.2) is 0 Å². The third-order valence-electron chi connectivity index (χ3n) is 3.62. The number of oxime groups is 1. The van der Waals surface area contributed by atoms with Gasteiger partial charge in [0.25, 0.3) is 5.91 Å². The molecule has 2 rings (SSSR count). The van der Waals surface area contributed by atoms with E-state index in [2.05, 4.69) is 20.4 Å². The van der Waals surface area contributed by atoms with Crippen LogP contribution in [0, 0.1) is 0 Å². The van der Waals surface area contributed by atoms with Crippen LogP contribution < -0.4 is 5.32 Å². The number of nitrogens with one attached hydrogen (secondary N) is 1. The number of piperidine rings is 1. The van der Waals surface area contributed by atoms with Crippen molar-refractivity contribution in [2.45, 2.75) is 25.7 Å². The van der Waals surface area contributed by atoms with Crippen LogP contribution in [0.5, 0.6) is 0 Å². The van der Waals surface area contributed by atoms with Gasteiger partial charge in [-0.15, -0.1) is 0 Å². The molecule has 6 nitrogen and oxygen atoms in total. The number of carbonyl (C=O) groups is 1. The zero-order valence-electron chi connectivity index (χ0n) is 12.2. The van der Waals surface area contributed by atoms with E-state index in [0.29, 0.717) is 17.8 Å². The van der Waals surface area contributed by atoms with Gasteiger partial charge in [0.15, 0.2) is 0 Å². The molecule has 2 N–H and O–H groups in total. The molecular formula is C15H22N4O2. The topological polar surface area (TPSA) is 77.8 Å². The minimum Gasteiger partial charge on any atom is -0.411 e. The van der Waals surface area contributed by atoms with E-state index in [1.807, 2.05) is 0 Å². The predicted molar refractivity (Wildman–Crippen MR) is 80.9 cm³/mol. The van der Waals surface area contributed by atoms with E-state index in [1.54, 1.807) is 12.1 Å². The maximum atomic E-state index is 11.9. The number of likely N-dealkylation sites (tertiary alicyclic amines) is 1. The minimum atomic E-state index is -0.117. The van der Waals surface area contributed by atoms with Crippen LogP contribution in [-0.2, 0) is 0 Å². The molecule has 2 heterocycles. The highest BCUT2D eigenvalue weighted by Crippen LogP contribution is 2.08. The van der Waals surface area contributed by atoms with Crippen LogP contribution in [0.4, 0.5) is 0 Å². The molecule has 1 amide bonds. The lowest BCUT2D eigenvalue weighted by Gasteiger charge is -2.26. The van der Waals surface area contributed by atoms with E-state index in [-0.39, 0.29) is 5.91 Å². The molecule has 0 radical (unpaired) electrons. The van der Waals surface area contributed by atoms with E-state index in [9.17, 15) is 4.79 Å². The van der Waals surface area contributed by atoms with Gasteiger partial charge < -0.3 is 15.4 Å². The molecule has 21 heavy (non-hydrogen) atoms. The highest BCUT2D eigenvalue weighted by molar-refractivity contribution is 5.94. The highest BCUT2D eigenvalue weighted by atomic mass is 16.4. The number of hydrogen-bond donors (Lipinski definition) is 2. The summed E-state index contributed by atoms with van der Waals surface area (Å²) in [6.07, 6.45) is 7.60. The fraction of sp³-hybridized carbons (Fsp3) is 0.533. The Morgan fingerprint density at radius 1 is 1.38 bits per heavy atom. The van der Waals surface area contributed by atoms with E-state index >= 15 is 0 Å². The van der Waals surface area contributed by atoms with Crippen molar-refractivity contribution in [1.82, 2.24) is 15.2 Å². The van der Waals surface area contributed by atoms with Crippen molar-refractivity contribution in [2.75, 3.05) is 26.2 Å². The van der Waals surface area contributed by atoms with Gasteiger partial charge in [0, 0.05) is 12.7 Å². The van der Waals surface area contributed by atoms with Gasteiger partial charge in [0.1, 0.15) is 0 Å². The minimum absolute atomic E-state index is 0.117. The SMILES string of the molecule is O=C(NCCCN1CCCCC1)c1ccc(C=NO)nc1. The number of rotatable bonds is 6. The normalized spacial score (nSPS) is 16.2. The smallest absolute Gasteiger partial charge is 0.252 e. The second-order valence-corrected chi connectivity index (χ2v) is 5.23. The molecule has 0 saturated carbocycles. The molecule has 0 bridgehead atoms. The first-order valence-corrected chi connectivity index (χ1v) is 7.43. The average Bonchev–Trinajstić information content (AvgIpc) is 2.53. The second kappa shape index (κ2) is 8.36. The Hall–Kier alpha value is -1.95. The molecule has 114 valence electrons. The van der Waals surface area contributed by atoms with Crippen molar-refractivity contribution < 1.29 is 10.0 Å². The van der Waals surface area contributed by atoms with Crippen LogP contribution in [0.15, 0.2) is 23.5 Å². The standard InChI is InChI=1S/C15H22N4O2/c20-15(13-5-6-14(12-18-21)17-11-13)16-7-4-10-19-8-2-1-3-9-19/h5-6,11-12,21H,1-4,7-10H2,(H,16,20). The summed E-state index contributed by atoms with van der Waals surface area (Å²) in [5, 5.41) is 14.2. The van der Waals surface area contributed by atoms with Gasteiger partial charge in [0.2, 0.25) is 0 Å². The molecule has 1 fully saturated rings. The second-order valence-electron chi connectivity index (χ2n) is 5.23. The van der Waals surface area contributed by atoms with Gasteiger partial charge >= 0.3 is 0 Å². The molecule has 0 aromatic carbocycles. The molecule has 1 aliphatic rings. The summed E-state index contributed by atoms with van der Waals surface area (Å²) in [5.41, 5.74) is 1.03. The van der Waals surface area contributed by atoms with Crippen LogP contribution in [0.25, 0.3) is 0 Å². The number of aromatic nitrogens is 1. The fourth-order valence-corrected chi connectivity index (χ4v) is 2.46. The van der Waals surface area contributed by atoms with Gasteiger partial charge in [-0.05, 0) is 51.0 Å². The summed E-state index contributed by atoms with van der Waals surface area (Å²) in [6.45, 7) is 4.09. The van der Waals surface area contributed by atoms with Crippen LogP contribution >= 0.6 is 0 Å². The quantitative estimate of drug-likeness (QED) is 0.360. The van der Waals surface area contributed by atoms with E-state index < -0.39 is 0 Å². The molecular weight excluding hydrogens is 268 g/mol. The molecule has 6 heteroatoms. The van der Waals surface area contributed by atoms with Crippen LogP contribution in [0.3, 0.4) is 0 Å². The molecule has 1 aromatic heterocycles. The van der Waals surface area contributed by atoms with Crippen LogP contribution in [0.1, 0.15) is 41.7 Å². The zero-order chi connectivity index (χ0) is 14.9. The van der Waals surface area contributed by atoms with E-state index in [1.165, 1.54) is 44.8 Å². The third-order valence-corrected chi connectivity index (χ3v) is 3.62. The first kappa shape index (κ1) is 15.4. The molecule has 0 unspecified atom stereocenters. The highest BCUT2D eigenvalue weighted by Gasteiger charge is 2.10. The van der Waals surface area contributed by atoms with E-state index in [4.69, 9.17) is 5.21 Å². The Morgan fingerprint density at radius 2 is 2.19 bits per heavy atom. The van der Waals surface area contributed by atoms with E-state index in [0.717, 1.165) is 13.0 Å². The Balaban J connectivity index is 1.68. The summed E-state index contributed by atoms with van der Waals surface area (Å²) >= 11 is 0. The van der Waals surface area contributed by atoms with Crippen LogP contribution in [0.2, 0.25) is 0 Å². The first-order valence-electron chi connectivity index (χ1n) is 7.43. The third kappa shape index (κ3) is 5.15. The van der Waals surface area contributed by atoms with Crippen molar-refractivity contribution in [2.24, 2.45) is 5.16 Å². The summed E-state index contributed by atoms with van der Waals surface area (Å²) in [4.78, 5) is 18.4. The van der Waals surface area contributed by atoms with Crippen molar-refractivity contribution >= 4 is 12.1 Å². The molecule has 0 spiro atoms. The predicted octanol–water partition coefficient (Wildman–Crippen LogP) is 1.50. The molecule has 0 atom stereocenters. The summed E-state index contributed by atoms with van der Waals surface area (Å²) < 4.78 is 0. The molecule has 1 aromatic rings. The summed E-state index contributed by atoms with van der Waals surface area (Å²) in [5.74, 6) is -0.117. The lowest BCUT2D eigenvalue weighted by atomic mass is 10.1. The number of pyridine rings is 1. The first-order chi connectivity index (χ1) is 10.3. The monoisotopic (exact) mass is 290 g/mol. The number of hydrogen-bond acceptors (Lipinski definition) is 5. The van der Waals surface area contributed by atoms with Gasteiger partial charge in [0.05, 0.1) is 17.5 Å². The summed E-state index contributed by atoms with van der Waals surface area (Å²) in [6, 6.07) is 3.31. The Morgan fingerprint density at radius 3 is 2.86 bits per heavy atom. The Kier molecular flexibility index (Phi) is 6.15. The summed E-state index contributed by atoms with van der Waals surface area (Å²) in [7, 11) is 0. The fourth-order valence-electron chi connectivity index (χ4n) is 2.46. The van der Waals surface area contributed by atoms with Crippen molar-refractivity contribution in [3.63, 3.8) is 0 Å². The molecule has 1 saturated heterocycles. The van der Waals surface area contributed by atoms with Crippen molar-refractivity contribution in [3.8, 4) is 0 Å².